The zero-order valence-corrected chi connectivity index (χ0v) is 16.1. The Bertz CT molecular complexity index is 1050. The maximum Gasteiger partial charge on any atom is 0.268 e. The highest BCUT2D eigenvalue weighted by atomic mass is 32.1. The molecular formula is C23H22N2OS. The molecule has 0 saturated carbocycles. The summed E-state index contributed by atoms with van der Waals surface area (Å²) < 4.78 is 3.33. The molecule has 0 atom stereocenters. The maximum absolute atomic E-state index is 12.9. The zero-order chi connectivity index (χ0) is 18.6. The fourth-order valence-corrected chi connectivity index (χ4v) is 4.31. The SMILES string of the molecule is Cc1cc2c(cc(C(=O)NCc3ccccc3)n2CCc2ccccc2)s1. The number of fused-ring (bicyclic) bond motifs is 1. The first-order valence-electron chi connectivity index (χ1n) is 9.16. The summed E-state index contributed by atoms with van der Waals surface area (Å²) in [7, 11) is 0. The fraction of sp³-hybridized carbons (Fsp3) is 0.174. The molecule has 4 rings (SSSR count). The lowest BCUT2D eigenvalue weighted by molar-refractivity contribution is 0.0942. The lowest BCUT2D eigenvalue weighted by Crippen LogP contribution is -2.25. The fourth-order valence-electron chi connectivity index (χ4n) is 3.35. The Kier molecular flexibility index (Phi) is 5.07. The molecule has 0 radical (unpaired) electrons. The van der Waals surface area contributed by atoms with Crippen LogP contribution < -0.4 is 5.32 Å². The van der Waals surface area contributed by atoms with Crippen molar-refractivity contribution in [2.24, 2.45) is 0 Å². The van der Waals surface area contributed by atoms with Crippen molar-refractivity contribution in [3.63, 3.8) is 0 Å². The number of rotatable bonds is 6. The van der Waals surface area contributed by atoms with Gasteiger partial charge in [0.1, 0.15) is 5.69 Å². The molecule has 0 aliphatic carbocycles. The number of carbonyl (C=O) groups is 1. The summed E-state index contributed by atoms with van der Waals surface area (Å²) in [6, 6.07) is 24.6. The van der Waals surface area contributed by atoms with Gasteiger partial charge in [0.2, 0.25) is 0 Å². The number of carbonyl (C=O) groups excluding carboxylic acids is 1. The van der Waals surface area contributed by atoms with Crippen LogP contribution in [0.2, 0.25) is 0 Å². The first-order valence-corrected chi connectivity index (χ1v) is 9.98. The first-order chi connectivity index (χ1) is 13.2. The molecule has 0 spiro atoms. The summed E-state index contributed by atoms with van der Waals surface area (Å²) in [6.07, 6.45) is 0.901. The van der Waals surface area contributed by atoms with Crippen molar-refractivity contribution in [1.82, 2.24) is 9.88 Å². The Balaban J connectivity index is 1.57. The van der Waals surface area contributed by atoms with E-state index in [-0.39, 0.29) is 5.91 Å². The van der Waals surface area contributed by atoms with Crippen LogP contribution in [0.3, 0.4) is 0 Å². The van der Waals surface area contributed by atoms with E-state index in [1.165, 1.54) is 15.1 Å². The van der Waals surface area contributed by atoms with Crippen LogP contribution in [0.25, 0.3) is 10.2 Å². The highest BCUT2D eigenvalue weighted by Crippen LogP contribution is 2.29. The summed E-state index contributed by atoms with van der Waals surface area (Å²) in [5, 5.41) is 3.06. The second kappa shape index (κ2) is 7.80. The van der Waals surface area contributed by atoms with Crippen LogP contribution in [0.15, 0.2) is 72.8 Å². The number of hydrogen-bond acceptors (Lipinski definition) is 2. The summed E-state index contributed by atoms with van der Waals surface area (Å²) in [5.74, 6) is -0.0204. The van der Waals surface area contributed by atoms with Gasteiger partial charge in [0, 0.05) is 18.0 Å². The number of aromatic nitrogens is 1. The Labute approximate surface area is 163 Å². The predicted octanol–water partition coefficient (Wildman–Crippen LogP) is 5.18. The Morgan fingerprint density at radius 3 is 2.33 bits per heavy atom. The number of thiophene rings is 1. The number of benzene rings is 2. The van der Waals surface area contributed by atoms with Crippen LogP contribution in [-0.4, -0.2) is 10.5 Å². The van der Waals surface area contributed by atoms with Crippen molar-refractivity contribution in [2.45, 2.75) is 26.4 Å². The van der Waals surface area contributed by atoms with Gasteiger partial charge < -0.3 is 9.88 Å². The van der Waals surface area contributed by atoms with Gasteiger partial charge in [-0.2, -0.15) is 0 Å². The molecule has 27 heavy (non-hydrogen) atoms. The third-order valence-corrected chi connectivity index (χ3v) is 5.69. The predicted molar refractivity (Wildman–Crippen MR) is 112 cm³/mol. The highest BCUT2D eigenvalue weighted by Gasteiger charge is 2.17. The average molecular weight is 375 g/mol. The van der Waals surface area contributed by atoms with Gasteiger partial charge in [0.15, 0.2) is 0 Å². The zero-order valence-electron chi connectivity index (χ0n) is 15.3. The molecule has 0 bridgehead atoms. The van der Waals surface area contributed by atoms with E-state index in [0.29, 0.717) is 6.54 Å². The number of nitrogens with one attached hydrogen (secondary N) is 1. The molecule has 2 aromatic carbocycles. The standard InChI is InChI=1S/C23H22N2OS/c1-17-14-20-22(27-17)15-21(23(26)24-16-19-10-6-3-7-11-19)25(20)13-12-18-8-4-2-5-9-18/h2-11,14-15H,12-13,16H2,1H3,(H,24,26). The quantitative estimate of drug-likeness (QED) is 0.495. The van der Waals surface area contributed by atoms with E-state index in [9.17, 15) is 4.79 Å². The molecule has 4 aromatic rings. The van der Waals surface area contributed by atoms with Gasteiger partial charge in [-0.15, -0.1) is 11.3 Å². The van der Waals surface area contributed by atoms with Crippen LogP contribution in [0.5, 0.6) is 0 Å². The second-order valence-electron chi connectivity index (χ2n) is 6.69. The van der Waals surface area contributed by atoms with Crippen LogP contribution in [-0.2, 0) is 19.5 Å². The van der Waals surface area contributed by atoms with Gasteiger partial charge in [-0.3, -0.25) is 4.79 Å². The minimum absolute atomic E-state index is 0.0204. The van der Waals surface area contributed by atoms with Crippen LogP contribution >= 0.6 is 11.3 Å². The molecule has 1 N–H and O–H groups in total. The molecule has 2 heterocycles. The third kappa shape index (κ3) is 3.96. The van der Waals surface area contributed by atoms with Crippen molar-refractivity contribution in [1.29, 1.82) is 0 Å². The van der Waals surface area contributed by atoms with Crippen molar-refractivity contribution in [2.75, 3.05) is 0 Å². The van der Waals surface area contributed by atoms with Gasteiger partial charge in [-0.25, -0.2) is 0 Å². The number of amides is 1. The highest BCUT2D eigenvalue weighted by molar-refractivity contribution is 7.19. The van der Waals surface area contributed by atoms with Gasteiger partial charge in [-0.05, 0) is 36.6 Å². The van der Waals surface area contributed by atoms with E-state index in [2.05, 4.69) is 47.1 Å². The molecule has 1 amide bonds. The molecule has 3 nitrogen and oxygen atoms in total. The molecule has 0 aliphatic heterocycles. The van der Waals surface area contributed by atoms with Crippen molar-refractivity contribution < 1.29 is 4.79 Å². The minimum Gasteiger partial charge on any atom is -0.347 e. The lowest BCUT2D eigenvalue weighted by Gasteiger charge is -2.11. The van der Waals surface area contributed by atoms with E-state index in [4.69, 9.17) is 0 Å². The first kappa shape index (κ1) is 17.6. The van der Waals surface area contributed by atoms with E-state index < -0.39 is 0 Å². The van der Waals surface area contributed by atoms with Crippen molar-refractivity contribution >= 4 is 27.5 Å². The Hall–Kier alpha value is -2.85. The van der Waals surface area contributed by atoms with Crippen LogP contribution in [0.1, 0.15) is 26.5 Å². The van der Waals surface area contributed by atoms with Crippen LogP contribution in [0, 0.1) is 6.92 Å². The third-order valence-electron chi connectivity index (χ3n) is 4.71. The van der Waals surface area contributed by atoms with Crippen LogP contribution in [0.4, 0.5) is 0 Å². The summed E-state index contributed by atoms with van der Waals surface area (Å²) in [6.45, 7) is 3.44. The molecule has 4 heteroatoms. The van der Waals surface area contributed by atoms with Gasteiger partial charge in [-0.1, -0.05) is 60.7 Å². The topological polar surface area (TPSA) is 34.0 Å². The number of hydrogen-bond donors (Lipinski definition) is 1. The molecule has 0 saturated heterocycles. The average Bonchev–Trinajstić information content (AvgIpc) is 3.22. The monoisotopic (exact) mass is 374 g/mol. The summed E-state index contributed by atoms with van der Waals surface area (Å²) >= 11 is 1.74. The number of aryl methyl sites for hydroxylation is 3. The van der Waals surface area contributed by atoms with Crippen molar-refractivity contribution in [3.8, 4) is 0 Å². The summed E-state index contributed by atoms with van der Waals surface area (Å²) in [4.78, 5) is 14.1. The Morgan fingerprint density at radius 2 is 1.63 bits per heavy atom. The molecule has 0 unspecified atom stereocenters. The maximum atomic E-state index is 12.9. The molecule has 136 valence electrons. The lowest BCUT2D eigenvalue weighted by atomic mass is 10.1. The smallest absolute Gasteiger partial charge is 0.268 e. The van der Waals surface area contributed by atoms with Gasteiger partial charge >= 0.3 is 0 Å². The molecular weight excluding hydrogens is 352 g/mol. The van der Waals surface area contributed by atoms with E-state index in [1.54, 1.807) is 11.3 Å². The Morgan fingerprint density at radius 1 is 0.963 bits per heavy atom. The normalized spacial score (nSPS) is 11.0. The molecule has 2 aromatic heterocycles. The number of nitrogens with zero attached hydrogens (tertiary/aromatic N) is 1. The van der Waals surface area contributed by atoms with E-state index in [0.717, 1.165) is 29.7 Å². The summed E-state index contributed by atoms with van der Waals surface area (Å²) in [5.41, 5.74) is 4.27. The molecule has 0 fully saturated rings. The second-order valence-corrected chi connectivity index (χ2v) is 7.98. The van der Waals surface area contributed by atoms with Gasteiger partial charge in [0.25, 0.3) is 5.91 Å². The van der Waals surface area contributed by atoms with E-state index >= 15 is 0 Å². The molecule has 0 aliphatic rings. The minimum atomic E-state index is -0.0204. The van der Waals surface area contributed by atoms with E-state index in [1.807, 2.05) is 42.5 Å². The van der Waals surface area contributed by atoms with Gasteiger partial charge in [0.05, 0.1) is 10.2 Å². The largest absolute Gasteiger partial charge is 0.347 e. The van der Waals surface area contributed by atoms with Crippen molar-refractivity contribution in [3.05, 3.63) is 94.5 Å².